The first-order valence-corrected chi connectivity index (χ1v) is 7.05. The number of benzene rings is 1. The van der Waals surface area contributed by atoms with Crippen molar-refractivity contribution >= 4 is 15.5 Å². The van der Waals surface area contributed by atoms with E-state index in [1.807, 2.05) is 0 Å². The molecule has 1 aromatic carbocycles. The van der Waals surface area contributed by atoms with Gasteiger partial charge in [0.15, 0.2) is 0 Å². The minimum atomic E-state index is -4.60. The zero-order valence-electron chi connectivity index (χ0n) is 10.0. The average molecular weight is 278 g/mol. The number of nitrogens with zero attached hydrogens (tertiary/aromatic N) is 1. The van der Waals surface area contributed by atoms with Gasteiger partial charge < -0.3 is 10.6 Å². The SMILES string of the molecule is CCN(CCN)c1ccccc1S(=O)(=O)C(F)F. The van der Waals surface area contributed by atoms with Gasteiger partial charge in [-0.25, -0.2) is 8.42 Å². The zero-order chi connectivity index (χ0) is 13.8. The van der Waals surface area contributed by atoms with Crippen LogP contribution in [-0.4, -0.2) is 33.8 Å². The number of halogens is 2. The fourth-order valence-electron chi connectivity index (χ4n) is 1.66. The van der Waals surface area contributed by atoms with Crippen molar-refractivity contribution in [3.05, 3.63) is 24.3 Å². The van der Waals surface area contributed by atoms with E-state index in [2.05, 4.69) is 0 Å². The van der Waals surface area contributed by atoms with E-state index in [0.717, 1.165) is 0 Å². The van der Waals surface area contributed by atoms with Gasteiger partial charge >= 0.3 is 5.76 Å². The molecule has 0 aromatic heterocycles. The third-order valence-corrected chi connectivity index (χ3v) is 3.96. The molecule has 0 spiro atoms. The van der Waals surface area contributed by atoms with Crippen LogP contribution >= 0.6 is 0 Å². The maximum absolute atomic E-state index is 12.6. The lowest BCUT2D eigenvalue weighted by Crippen LogP contribution is -2.30. The molecule has 0 saturated carbocycles. The summed E-state index contributed by atoms with van der Waals surface area (Å²) >= 11 is 0. The second kappa shape index (κ2) is 6.10. The lowest BCUT2D eigenvalue weighted by Gasteiger charge is -2.24. The van der Waals surface area contributed by atoms with Crippen LogP contribution in [-0.2, 0) is 9.84 Å². The number of anilines is 1. The van der Waals surface area contributed by atoms with Crippen LogP contribution in [0.1, 0.15) is 6.92 Å². The monoisotopic (exact) mass is 278 g/mol. The Balaban J connectivity index is 3.30. The van der Waals surface area contributed by atoms with Crippen LogP contribution in [0.5, 0.6) is 0 Å². The first kappa shape index (κ1) is 14.8. The molecular formula is C11H16F2N2O2S. The van der Waals surface area contributed by atoms with Gasteiger partial charge in [-0.3, -0.25) is 0 Å². The van der Waals surface area contributed by atoms with E-state index in [0.29, 0.717) is 19.6 Å². The lowest BCUT2D eigenvalue weighted by atomic mass is 10.3. The van der Waals surface area contributed by atoms with Crippen molar-refractivity contribution in [1.29, 1.82) is 0 Å². The van der Waals surface area contributed by atoms with Crippen LogP contribution in [0.2, 0.25) is 0 Å². The molecule has 102 valence electrons. The van der Waals surface area contributed by atoms with Gasteiger partial charge in [0.25, 0.3) is 0 Å². The van der Waals surface area contributed by atoms with Gasteiger partial charge in [0.1, 0.15) is 0 Å². The largest absolute Gasteiger partial charge is 0.369 e. The molecule has 0 aliphatic rings. The predicted octanol–water partition coefficient (Wildman–Crippen LogP) is 1.47. The van der Waals surface area contributed by atoms with E-state index in [-0.39, 0.29) is 10.6 Å². The van der Waals surface area contributed by atoms with Gasteiger partial charge in [0.2, 0.25) is 9.84 Å². The molecule has 0 radical (unpaired) electrons. The molecule has 7 heteroatoms. The summed E-state index contributed by atoms with van der Waals surface area (Å²) < 4.78 is 48.3. The fraction of sp³-hybridized carbons (Fsp3) is 0.455. The van der Waals surface area contributed by atoms with Crippen LogP contribution in [0.25, 0.3) is 0 Å². The van der Waals surface area contributed by atoms with Crippen LogP contribution in [0.15, 0.2) is 29.2 Å². The molecule has 0 unspecified atom stereocenters. The summed E-state index contributed by atoms with van der Waals surface area (Å²) in [5.74, 6) is -3.42. The molecule has 1 aromatic rings. The maximum atomic E-state index is 12.6. The third kappa shape index (κ3) is 2.97. The van der Waals surface area contributed by atoms with E-state index < -0.39 is 15.6 Å². The molecule has 18 heavy (non-hydrogen) atoms. The third-order valence-electron chi connectivity index (χ3n) is 2.53. The number of sulfone groups is 1. The molecule has 2 N–H and O–H groups in total. The molecule has 0 atom stereocenters. The highest BCUT2D eigenvalue weighted by atomic mass is 32.2. The summed E-state index contributed by atoms with van der Waals surface area (Å²) in [5.41, 5.74) is 5.69. The molecule has 0 bridgehead atoms. The number of alkyl halides is 2. The minimum Gasteiger partial charge on any atom is -0.369 e. The van der Waals surface area contributed by atoms with Gasteiger partial charge in [-0.1, -0.05) is 12.1 Å². The minimum absolute atomic E-state index is 0.269. The van der Waals surface area contributed by atoms with Crippen molar-refractivity contribution in [3.63, 3.8) is 0 Å². The summed E-state index contributed by atoms with van der Waals surface area (Å²) in [7, 11) is -4.60. The summed E-state index contributed by atoms with van der Waals surface area (Å²) in [5, 5.41) is 0. The van der Waals surface area contributed by atoms with Gasteiger partial charge in [-0.2, -0.15) is 8.78 Å². The van der Waals surface area contributed by atoms with Gasteiger partial charge in [-0.15, -0.1) is 0 Å². The lowest BCUT2D eigenvalue weighted by molar-refractivity contribution is 0.235. The van der Waals surface area contributed by atoms with Crippen molar-refractivity contribution in [2.24, 2.45) is 5.73 Å². The Bertz CT molecular complexity index is 492. The van der Waals surface area contributed by atoms with Crippen LogP contribution < -0.4 is 10.6 Å². The Morgan fingerprint density at radius 2 is 1.94 bits per heavy atom. The summed E-state index contributed by atoms with van der Waals surface area (Å²) in [6, 6.07) is 5.73. The fourth-order valence-corrected chi connectivity index (χ4v) is 2.61. The van der Waals surface area contributed by atoms with Crippen LogP contribution in [0, 0.1) is 0 Å². The van der Waals surface area contributed by atoms with E-state index in [1.54, 1.807) is 17.9 Å². The number of hydrogen-bond acceptors (Lipinski definition) is 4. The van der Waals surface area contributed by atoms with Crippen molar-refractivity contribution in [3.8, 4) is 0 Å². The molecular weight excluding hydrogens is 262 g/mol. The van der Waals surface area contributed by atoms with Crippen molar-refractivity contribution in [1.82, 2.24) is 0 Å². The number of rotatable bonds is 6. The molecule has 0 aliphatic carbocycles. The molecule has 0 fully saturated rings. The first-order chi connectivity index (χ1) is 8.45. The Kier molecular flexibility index (Phi) is 5.03. The molecule has 0 saturated heterocycles. The highest BCUT2D eigenvalue weighted by molar-refractivity contribution is 7.91. The molecule has 1 rings (SSSR count). The highest BCUT2D eigenvalue weighted by Crippen LogP contribution is 2.28. The second-order valence-corrected chi connectivity index (χ2v) is 5.53. The van der Waals surface area contributed by atoms with E-state index >= 15 is 0 Å². The van der Waals surface area contributed by atoms with Crippen LogP contribution in [0.3, 0.4) is 0 Å². The summed E-state index contributed by atoms with van der Waals surface area (Å²) in [6.45, 7) is 3.03. The topological polar surface area (TPSA) is 63.4 Å². The number of hydrogen-bond donors (Lipinski definition) is 1. The summed E-state index contributed by atoms with van der Waals surface area (Å²) in [6.07, 6.45) is 0. The standard InChI is InChI=1S/C11H16F2N2O2S/c1-2-15(8-7-14)9-5-3-4-6-10(9)18(16,17)11(12)13/h3-6,11H,2,7-8,14H2,1H3. The average Bonchev–Trinajstić information content (AvgIpc) is 2.35. The van der Waals surface area contributed by atoms with Crippen molar-refractivity contribution < 1.29 is 17.2 Å². The van der Waals surface area contributed by atoms with E-state index in [4.69, 9.17) is 5.73 Å². The van der Waals surface area contributed by atoms with E-state index in [9.17, 15) is 17.2 Å². The Hall–Kier alpha value is -1.21. The second-order valence-electron chi connectivity index (χ2n) is 3.64. The number of nitrogens with two attached hydrogens (primary N) is 1. The normalized spacial score (nSPS) is 11.8. The molecule has 4 nitrogen and oxygen atoms in total. The number of likely N-dealkylation sites (N-methyl/N-ethyl adjacent to an activating group) is 1. The quantitative estimate of drug-likeness (QED) is 0.856. The highest BCUT2D eigenvalue weighted by Gasteiger charge is 2.30. The van der Waals surface area contributed by atoms with Crippen molar-refractivity contribution in [2.45, 2.75) is 17.6 Å². The first-order valence-electron chi connectivity index (χ1n) is 5.51. The molecule has 0 heterocycles. The molecule has 0 amide bonds. The Labute approximate surface area is 105 Å². The Morgan fingerprint density at radius 1 is 1.33 bits per heavy atom. The van der Waals surface area contributed by atoms with Gasteiger partial charge in [-0.05, 0) is 19.1 Å². The van der Waals surface area contributed by atoms with Crippen molar-refractivity contribution in [2.75, 3.05) is 24.5 Å². The number of para-hydroxylation sites is 1. The maximum Gasteiger partial charge on any atom is 0.341 e. The van der Waals surface area contributed by atoms with Crippen LogP contribution in [0.4, 0.5) is 14.5 Å². The zero-order valence-corrected chi connectivity index (χ0v) is 10.8. The van der Waals surface area contributed by atoms with E-state index in [1.165, 1.54) is 18.2 Å². The summed E-state index contributed by atoms with van der Waals surface area (Å²) in [4.78, 5) is 1.31. The smallest absolute Gasteiger partial charge is 0.341 e. The Morgan fingerprint density at radius 3 is 2.44 bits per heavy atom. The van der Waals surface area contributed by atoms with Gasteiger partial charge in [0, 0.05) is 19.6 Å². The predicted molar refractivity (Wildman–Crippen MR) is 66.6 cm³/mol. The molecule has 0 aliphatic heterocycles. The van der Waals surface area contributed by atoms with Gasteiger partial charge in [0.05, 0.1) is 10.6 Å².